The lowest BCUT2D eigenvalue weighted by Gasteiger charge is -2.14. The Morgan fingerprint density at radius 1 is 1.15 bits per heavy atom. The SMILES string of the molecule is NC(Cc1cccc(Br)c1)c1cccc(OC2CC2)c1. The standard InChI is InChI=1S/C17H18BrNO/c18-14-5-1-3-12(9-14)10-17(19)13-4-2-6-16(11-13)20-15-7-8-15/h1-6,9,11,15,17H,7-8,10,19H2. The summed E-state index contributed by atoms with van der Waals surface area (Å²) >= 11 is 3.49. The highest BCUT2D eigenvalue weighted by molar-refractivity contribution is 9.10. The minimum Gasteiger partial charge on any atom is -0.490 e. The Morgan fingerprint density at radius 2 is 1.95 bits per heavy atom. The number of ether oxygens (including phenoxy) is 1. The molecule has 3 heteroatoms. The number of benzene rings is 2. The molecule has 1 saturated carbocycles. The van der Waals surface area contributed by atoms with Crippen LogP contribution in [-0.4, -0.2) is 6.10 Å². The zero-order valence-electron chi connectivity index (χ0n) is 11.3. The molecular weight excluding hydrogens is 314 g/mol. The summed E-state index contributed by atoms with van der Waals surface area (Å²) in [7, 11) is 0. The second-order valence-corrected chi connectivity index (χ2v) is 6.25. The maximum absolute atomic E-state index is 6.32. The fraction of sp³-hybridized carbons (Fsp3) is 0.294. The fourth-order valence-electron chi connectivity index (χ4n) is 2.23. The van der Waals surface area contributed by atoms with Crippen molar-refractivity contribution in [2.45, 2.75) is 31.4 Å². The molecule has 0 bridgehead atoms. The number of rotatable bonds is 5. The molecule has 1 unspecified atom stereocenters. The Balaban J connectivity index is 1.71. The van der Waals surface area contributed by atoms with Crippen LogP contribution in [0.2, 0.25) is 0 Å². The third-order valence-corrected chi connectivity index (χ3v) is 3.95. The molecule has 20 heavy (non-hydrogen) atoms. The average molecular weight is 332 g/mol. The van der Waals surface area contributed by atoms with E-state index in [1.165, 1.54) is 18.4 Å². The molecule has 1 aliphatic carbocycles. The van der Waals surface area contributed by atoms with E-state index in [-0.39, 0.29) is 6.04 Å². The van der Waals surface area contributed by atoms with E-state index in [0.29, 0.717) is 6.10 Å². The second kappa shape index (κ2) is 5.98. The highest BCUT2D eigenvalue weighted by atomic mass is 79.9. The molecule has 2 N–H and O–H groups in total. The first-order valence-electron chi connectivity index (χ1n) is 6.97. The third-order valence-electron chi connectivity index (χ3n) is 3.46. The highest BCUT2D eigenvalue weighted by Crippen LogP contribution is 2.28. The topological polar surface area (TPSA) is 35.2 Å². The van der Waals surface area contributed by atoms with E-state index >= 15 is 0 Å². The predicted molar refractivity (Wildman–Crippen MR) is 84.9 cm³/mol. The third kappa shape index (κ3) is 3.62. The van der Waals surface area contributed by atoms with Crippen molar-refractivity contribution < 1.29 is 4.74 Å². The van der Waals surface area contributed by atoms with Crippen molar-refractivity contribution in [2.24, 2.45) is 5.73 Å². The molecule has 3 rings (SSSR count). The fourth-order valence-corrected chi connectivity index (χ4v) is 2.68. The van der Waals surface area contributed by atoms with E-state index in [1.54, 1.807) is 0 Å². The van der Waals surface area contributed by atoms with Gasteiger partial charge in [-0.25, -0.2) is 0 Å². The summed E-state index contributed by atoms with van der Waals surface area (Å²) in [4.78, 5) is 0. The van der Waals surface area contributed by atoms with Crippen molar-refractivity contribution in [3.63, 3.8) is 0 Å². The van der Waals surface area contributed by atoms with Crippen molar-refractivity contribution in [3.05, 3.63) is 64.1 Å². The van der Waals surface area contributed by atoms with E-state index in [9.17, 15) is 0 Å². The van der Waals surface area contributed by atoms with Crippen molar-refractivity contribution in [1.29, 1.82) is 0 Å². The minimum atomic E-state index is -0.00736. The van der Waals surface area contributed by atoms with Crippen molar-refractivity contribution in [1.82, 2.24) is 0 Å². The van der Waals surface area contributed by atoms with Crippen molar-refractivity contribution in [2.75, 3.05) is 0 Å². The van der Waals surface area contributed by atoms with Crippen LogP contribution in [0.1, 0.15) is 30.0 Å². The molecule has 1 atom stereocenters. The molecule has 2 nitrogen and oxygen atoms in total. The molecule has 0 saturated heterocycles. The molecule has 1 fully saturated rings. The van der Waals surface area contributed by atoms with E-state index in [2.05, 4.69) is 40.2 Å². The molecular formula is C17H18BrNO. The predicted octanol–water partition coefficient (Wildman–Crippen LogP) is 4.23. The van der Waals surface area contributed by atoms with E-state index in [0.717, 1.165) is 22.2 Å². The Kier molecular flexibility index (Phi) is 4.08. The molecule has 0 aromatic heterocycles. The van der Waals surface area contributed by atoms with E-state index < -0.39 is 0 Å². The summed E-state index contributed by atoms with van der Waals surface area (Å²) in [6.07, 6.45) is 3.60. The lowest BCUT2D eigenvalue weighted by Crippen LogP contribution is -2.13. The zero-order chi connectivity index (χ0) is 13.9. The first kappa shape index (κ1) is 13.7. The van der Waals surface area contributed by atoms with Crippen molar-refractivity contribution >= 4 is 15.9 Å². The summed E-state index contributed by atoms with van der Waals surface area (Å²) in [5.74, 6) is 0.940. The minimum absolute atomic E-state index is 0.00736. The normalized spacial score (nSPS) is 15.9. The van der Waals surface area contributed by atoms with Gasteiger partial charge in [-0.1, -0.05) is 40.2 Å². The average Bonchev–Trinajstić information content (AvgIpc) is 3.23. The van der Waals surface area contributed by atoms with Crippen LogP contribution < -0.4 is 10.5 Å². The van der Waals surface area contributed by atoms with Gasteiger partial charge < -0.3 is 10.5 Å². The van der Waals surface area contributed by atoms with E-state index in [1.807, 2.05) is 24.3 Å². The first-order valence-corrected chi connectivity index (χ1v) is 7.76. The monoisotopic (exact) mass is 331 g/mol. The smallest absolute Gasteiger partial charge is 0.120 e. The van der Waals surface area contributed by atoms with Gasteiger partial charge >= 0.3 is 0 Å². The van der Waals surface area contributed by atoms with Crippen LogP contribution in [0.3, 0.4) is 0 Å². The van der Waals surface area contributed by atoms with Gasteiger partial charge in [0.05, 0.1) is 6.10 Å². The molecule has 104 valence electrons. The number of nitrogens with two attached hydrogens (primary N) is 1. The Hall–Kier alpha value is -1.32. The van der Waals surface area contributed by atoms with E-state index in [4.69, 9.17) is 10.5 Å². The van der Waals surface area contributed by atoms with Gasteiger partial charge in [-0.05, 0) is 54.7 Å². The van der Waals surface area contributed by atoms with Crippen molar-refractivity contribution in [3.8, 4) is 5.75 Å². The zero-order valence-corrected chi connectivity index (χ0v) is 12.8. The second-order valence-electron chi connectivity index (χ2n) is 5.33. The van der Waals surface area contributed by atoms with Crippen LogP contribution in [-0.2, 0) is 6.42 Å². The summed E-state index contributed by atoms with van der Waals surface area (Å²) < 4.78 is 6.91. The summed E-state index contributed by atoms with van der Waals surface area (Å²) in [5.41, 5.74) is 8.69. The molecule has 0 amide bonds. The Bertz CT molecular complexity index is 595. The Morgan fingerprint density at radius 3 is 2.70 bits per heavy atom. The maximum Gasteiger partial charge on any atom is 0.120 e. The molecule has 0 aliphatic heterocycles. The summed E-state index contributed by atoms with van der Waals surface area (Å²) in [6.45, 7) is 0. The van der Waals surface area contributed by atoms with Crippen LogP contribution in [0.5, 0.6) is 5.75 Å². The molecule has 1 aliphatic rings. The molecule has 0 heterocycles. The first-order chi connectivity index (χ1) is 9.70. The molecule has 2 aromatic rings. The van der Waals surface area contributed by atoms with Gasteiger partial charge in [0, 0.05) is 10.5 Å². The van der Waals surface area contributed by atoms with Crippen LogP contribution in [0.25, 0.3) is 0 Å². The molecule has 0 spiro atoms. The summed E-state index contributed by atoms with van der Waals surface area (Å²) in [5, 5.41) is 0. The largest absolute Gasteiger partial charge is 0.490 e. The van der Waals surface area contributed by atoms with Gasteiger partial charge in [0.2, 0.25) is 0 Å². The van der Waals surface area contributed by atoms with Crippen LogP contribution in [0.4, 0.5) is 0 Å². The lowest BCUT2D eigenvalue weighted by atomic mass is 9.99. The van der Waals surface area contributed by atoms with Crippen LogP contribution in [0.15, 0.2) is 53.0 Å². The van der Waals surface area contributed by atoms with Crippen LogP contribution >= 0.6 is 15.9 Å². The van der Waals surface area contributed by atoms with Gasteiger partial charge in [0.1, 0.15) is 5.75 Å². The quantitative estimate of drug-likeness (QED) is 0.889. The Labute approximate surface area is 128 Å². The summed E-state index contributed by atoms with van der Waals surface area (Å²) in [6, 6.07) is 16.5. The van der Waals surface area contributed by atoms with Crippen LogP contribution in [0, 0.1) is 0 Å². The maximum atomic E-state index is 6.32. The van der Waals surface area contributed by atoms with Gasteiger partial charge in [0.25, 0.3) is 0 Å². The lowest BCUT2D eigenvalue weighted by molar-refractivity contribution is 0.302. The van der Waals surface area contributed by atoms with Gasteiger partial charge in [-0.15, -0.1) is 0 Å². The highest BCUT2D eigenvalue weighted by Gasteiger charge is 2.23. The molecule has 0 radical (unpaired) electrons. The number of halogens is 1. The molecule has 2 aromatic carbocycles. The number of hydrogen-bond acceptors (Lipinski definition) is 2. The van der Waals surface area contributed by atoms with Gasteiger partial charge in [0.15, 0.2) is 0 Å². The van der Waals surface area contributed by atoms with Gasteiger partial charge in [-0.3, -0.25) is 0 Å². The number of hydrogen-bond donors (Lipinski definition) is 1. The van der Waals surface area contributed by atoms with Gasteiger partial charge in [-0.2, -0.15) is 0 Å².